The zero-order valence-electron chi connectivity index (χ0n) is 11.1. The van der Waals surface area contributed by atoms with Gasteiger partial charge in [-0.15, -0.1) is 0 Å². The lowest BCUT2D eigenvalue weighted by Gasteiger charge is -2.34. The first-order valence-electron chi connectivity index (χ1n) is 6.10. The number of carbonyl (C=O) groups is 2. The molecule has 4 nitrogen and oxygen atoms in total. The van der Waals surface area contributed by atoms with E-state index >= 15 is 0 Å². The van der Waals surface area contributed by atoms with Crippen LogP contribution in [0.5, 0.6) is 0 Å². The standard InChI is InChI=1S/C13H22O4/c1-12(2,3)17-10(14)9-5-7-13(4,8-6-9)11(15)16/h9H,5-8H2,1-4H3,(H,15,16). The Morgan fingerprint density at radius 3 is 2.06 bits per heavy atom. The number of esters is 1. The molecule has 0 aromatic rings. The molecule has 1 saturated carbocycles. The maximum absolute atomic E-state index is 11.8. The number of carboxylic acid groups (broad SMARTS) is 1. The minimum Gasteiger partial charge on any atom is -0.481 e. The second-order valence-corrected chi connectivity index (χ2v) is 6.17. The van der Waals surface area contributed by atoms with Gasteiger partial charge in [0.15, 0.2) is 0 Å². The molecule has 0 bridgehead atoms. The van der Waals surface area contributed by atoms with Gasteiger partial charge in [0.05, 0.1) is 11.3 Å². The molecule has 1 N–H and O–H groups in total. The zero-order chi connectivity index (χ0) is 13.3. The van der Waals surface area contributed by atoms with Crippen LogP contribution in [0.15, 0.2) is 0 Å². The fourth-order valence-corrected chi connectivity index (χ4v) is 2.09. The monoisotopic (exact) mass is 242 g/mol. The van der Waals surface area contributed by atoms with E-state index in [0.29, 0.717) is 25.7 Å². The van der Waals surface area contributed by atoms with Gasteiger partial charge in [-0.05, 0) is 53.4 Å². The van der Waals surface area contributed by atoms with Crippen molar-refractivity contribution in [2.45, 2.75) is 59.0 Å². The van der Waals surface area contributed by atoms with Crippen molar-refractivity contribution in [3.05, 3.63) is 0 Å². The molecule has 1 rings (SSSR count). The maximum atomic E-state index is 11.8. The highest BCUT2D eigenvalue weighted by atomic mass is 16.6. The number of aliphatic carboxylic acids is 1. The van der Waals surface area contributed by atoms with Crippen molar-refractivity contribution in [3.8, 4) is 0 Å². The van der Waals surface area contributed by atoms with Crippen LogP contribution in [0.2, 0.25) is 0 Å². The zero-order valence-corrected chi connectivity index (χ0v) is 11.1. The summed E-state index contributed by atoms with van der Waals surface area (Å²) in [6, 6.07) is 0. The van der Waals surface area contributed by atoms with Gasteiger partial charge in [0.1, 0.15) is 5.60 Å². The quantitative estimate of drug-likeness (QED) is 0.756. The van der Waals surface area contributed by atoms with Crippen LogP contribution in [0, 0.1) is 11.3 Å². The van der Waals surface area contributed by atoms with E-state index in [1.54, 1.807) is 6.92 Å². The summed E-state index contributed by atoms with van der Waals surface area (Å²) >= 11 is 0. The number of hydrogen-bond donors (Lipinski definition) is 1. The van der Waals surface area contributed by atoms with Crippen LogP contribution in [-0.4, -0.2) is 22.6 Å². The number of rotatable bonds is 2. The summed E-state index contributed by atoms with van der Waals surface area (Å²) in [4.78, 5) is 22.9. The lowest BCUT2D eigenvalue weighted by molar-refractivity contribution is -0.164. The van der Waals surface area contributed by atoms with Crippen LogP contribution < -0.4 is 0 Å². The lowest BCUT2D eigenvalue weighted by Crippen LogP contribution is -2.36. The van der Waals surface area contributed by atoms with E-state index in [4.69, 9.17) is 9.84 Å². The molecule has 98 valence electrons. The van der Waals surface area contributed by atoms with Gasteiger partial charge < -0.3 is 9.84 Å². The van der Waals surface area contributed by atoms with Crippen molar-refractivity contribution in [1.82, 2.24) is 0 Å². The first kappa shape index (κ1) is 14.0. The third-order valence-electron chi connectivity index (χ3n) is 3.35. The largest absolute Gasteiger partial charge is 0.481 e. The van der Waals surface area contributed by atoms with Crippen molar-refractivity contribution in [1.29, 1.82) is 0 Å². The van der Waals surface area contributed by atoms with E-state index in [0.717, 1.165) is 0 Å². The molecule has 0 aromatic heterocycles. The molecular weight excluding hydrogens is 220 g/mol. The highest BCUT2D eigenvalue weighted by Crippen LogP contribution is 2.39. The molecule has 0 radical (unpaired) electrons. The van der Waals surface area contributed by atoms with E-state index in [2.05, 4.69) is 0 Å². The van der Waals surface area contributed by atoms with E-state index < -0.39 is 17.0 Å². The summed E-state index contributed by atoms with van der Waals surface area (Å²) in [6.45, 7) is 7.28. The van der Waals surface area contributed by atoms with Gasteiger partial charge in [0, 0.05) is 0 Å². The van der Waals surface area contributed by atoms with E-state index in [-0.39, 0.29) is 11.9 Å². The van der Waals surface area contributed by atoms with Gasteiger partial charge in [-0.1, -0.05) is 0 Å². The van der Waals surface area contributed by atoms with Gasteiger partial charge in [-0.3, -0.25) is 9.59 Å². The van der Waals surface area contributed by atoms with Crippen molar-refractivity contribution in [3.63, 3.8) is 0 Å². The Bertz CT molecular complexity index is 306. The predicted molar refractivity (Wildman–Crippen MR) is 63.5 cm³/mol. The Labute approximate surface area is 102 Å². The van der Waals surface area contributed by atoms with Crippen LogP contribution >= 0.6 is 0 Å². The Morgan fingerprint density at radius 1 is 1.24 bits per heavy atom. The molecule has 4 heteroatoms. The van der Waals surface area contributed by atoms with Crippen molar-refractivity contribution in [2.75, 3.05) is 0 Å². The molecular formula is C13H22O4. The fraction of sp³-hybridized carbons (Fsp3) is 0.846. The van der Waals surface area contributed by atoms with Crippen LogP contribution in [0.1, 0.15) is 53.4 Å². The van der Waals surface area contributed by atoms with Crippen LogP contribution in [0.4, 0.5) is 0 Å². The number of carboxylic acids is 1. The number of ether oxygens (including phenoxy) is 1. The normalized spacial score (nSPS) is 29.8. The molecule has 0 aliphatic heterocycles. The molecule has 0 heterocycles. The predicted octanol–water partition coefficient (Wildman–Crippen LogP) is 2.61. The van der Waals surface area contributed by atoms with Gasteiger partial charge >= 0.3 is 11.9 Å². The summed E-state index contributed by atoms with van der Waals surface area (Å²) in [7, 11) is 0. The smallest absolute Gasteiger partial charge is 0.309 e. The first-order valence-corrected chi connectivity index (χ1v) is 6.10. The summed E-state index contributed by atoms with van der Waals surface area (Å²) in [5, 5.41) is 9.09. The van der Waals surface area contributed by atoms with Gasteiger partial charge in [0.2, 0.25) is 0 Å². The van der Waals surface area contributed by atoms with Crippen LogP contribution in [0.3, 0.4) is 0 Å². The summed E-state index contributed by atoms with van der Waals surface area (Å²) in [6.07, 6.45) is 2.31. The summed E-state index contributed by atoms with van der Waals surface area (Å²) < 4.78 is 5.32. The average Bonchev–Trinajstić information content (AvgIpc) is 2.15. The lowest BCUT2D eigenvalue weighted by atomic mass is 9.72. The Kier molecular flexibility index (Phi) is 3.84. The van der Waals surface area contributed by atoms with E-state index in [1.165, 1.54) is 0 Å². The second kappa shape index (κ2) is 4.67. The fourth-order valence-electron chi connectivity index (χ4n) is 2.09. The van der Waals surface area contributed by atoms with E-state index in [1.807, 2.05) is 20.8 Å². The second-order valence-electron chi connectivity index (χ2n) is 6.17. The first-order chi connectivity index (χ1) is 7.64. The third-order valence-corrected chi connectivity index (χ3v) is 3.35. The Balaban J connectivity index is 2.53. The Hall–Kier alpha value is -1.06. The molecule has 0 amide bonds. The molecule has 0 spiro atoms. The minimum absolute atomic E-state index is 0.137. The SMILES string of the molecule is CC(C)(C)OC(=O)C1CCC(C)(C(=O)O)CC1. The van der Waals surface area contributed by atoms with Crippen LogP contribution in [-0.2, 0) is 14.3 Å². The van der Waals surface area contributed by atoms with Crippen LogP contribution in [0.25, 0.3) is 0 Å². The molecule has 1 aliphatic rings. The third kappa shape index (κ3) is 3.72. The molecule has 1 fully saturated rings. The average molecular weight is 242 g/mol. The van der Waals surface area contributed by atoms with Crippen molar-refractivity contribution < 1.29 is 19.4 Å². The molecule has 0 unspecified atom stereocenters. The van der Waals surface area contributed by atoms with E-state index in [9.17, 15) is 9.59 Å². The van der Waals surface area contributed by atoms with Gasteiger partial charge in [-0.25, -0.2) is 0 Å². The van der Waals surface area contributed by atoms with Gasteiger partial charge in [0.25, 0.3) is 0 Å². The Morgan fingerprint density at radius 2 is 1.71 bits per heavy atom. The highest BCUT2D eigenvalue weighted by Gasteiger charge is 2.40. The minimum atomic E-state index is -0.764. The molecule has 17 heavy (non-hydrogen) atoms. The number of carbonyl (C=O) groups excluding carboxylic acids is 1. The topological polar surface area (TPSA) is 63.6 Å². The molecule has 1 aliphatic carbocycles. The van der Waals surface area contributed by atoms with Crippen molar-refractivity contribution in [2.24, 2.45) is 11.3 Å². The number of hydrogen-bond acceptors (Lipinski definition) is 3. The molecule has 0 aromatic carbocycles. The highest BCUT2D eigenvalue weighted by molar-refractivity contribution is 5.76. The maximum Gasteiger partial charge on any atom is 0.309 e. The summed E-state index contributed by atoms with van der Waals surface area (Å²) in [5.41, 5.74) is -1.14. The van der Waals surface area contributed by atoms with Crippen molar-refractivity contribution >= 4 is 11.9 Å². The van der Waals surface area contributed by atoms with Gasteiger partial charge in [-0.2, -0.15) is 0 Å². The molecule has 0 atom stereocenters. The summed E-state index contributed by atoms with van der Waals surface area (Å²) in [5.74, 6) is -1.09. The molecule has 0 saturated heterocycles.